The molecule has 0 radical (unpaired) electrons. The lowest BCUT2D eigenvalue weighted by Crippen LogP contribution is -2.31. The standard InChI is InChI=1S/C7H8O3/c8-5-1-2-7(5)3-4(7)6(9)10/h4H,1-3H2,(H,9,10)/t4-,7+/m0/s1. The molecule has 10 heavy (non-hydrogen) atoms. The third-order valence-corrected chi connectivity index (χ3v) is 2.73. The molecule has 0 aliphatic heterocycles. The summed E-state index contributed by atoms with van der Waals surface area (Å²) < 4.78 is 0. The number of aliphatic carboxylic acids is 1. The monoisotopic (exact) mass is 140 g/mol. The molecule has 2 saturated carbocycles. The first-order valence-electron chi connectivity index (χ1n) is 3.43. The third kappa shape index (κ3) is 0.462. The summed E-state index contributed by atoms with van der Waals surface area (Å²) in [5.74, 6) is -0.971. The molecule has 0 aromatic rings. The fourth-order valence-corrected chi connectivity index (χ4v) is 1.76. The topological polar surface area (TPSA) is 54.4 Å². The highest BCUT2D eigenvalue weighted by Crippen LogP contribution is 2.62. The van der Waals surface area contributed by atoms with Crippen molar-refractivity contribution in [1.29, 1.82) is 0 Å². The zero-order valence-corrected chi connectivity index (χ0v) is 5.46. The molecule has 0 heterocycles. The average molecular weight is 140 g/mol. The predicted octanol–water partition coefficient (Wildman–Crippen LogP) is 0.440. The Kier molecular flexibility index (Phi) is 0.832. The number of carboxylic acid groups (broad SMARTS) is 1. The fourth-order valence-electron chi connectivity index (χ4n) is 1.76. The van der Waals surface area contributed by atoms with Gasteiger partial charge in [0.1, 0.15) is 5.78 Å². The van der Waals surface area contributed by atoms with Gasteiger partial charge in [0.05, 0.1) is 5.92 Å². The first-order valence-corrected chi connectivity index (χ1v) is 3.43. The Hall–Kier alpha value is -0.860. The maximum absolute atomic E-state index is 10.9. The van der Waals surface area contributed by atoms with Crippen molar-refractivity contribution in [2.75, 3.05) is 0 Å². The van der Waals surface area contributed by atoms with Crippen LogP contribution in [0.3, 0.4) is 0 Å². The number of hydrogen-bond acceptors (Lipinski definition) is 2. The molecule has 0 unspecified atom stereocenters. The van der Waals surface area contributed by atoms with Crippen LogP contribution in [-0.4, -0.2) is 16.9 Å². The van der Waals surface area contributed by atoms with Crippen molar-refractivity contribution in [1.82, 2.24) is 0 Å². The largest absolute Gasteiger partial charge is 0.481 e. The summed E-state index contributed by atoms with van der Waals surface area (Å²) in [6.07, 6.45) is 2.01. The van der Waals surface area contributed by atoms with E-state index in [1.54, 1.807) is 0 Å². The van der Waals surface area contributed by atoms with Crippen LogP contribution < -0.4 is 0 Å². The van der Waals surface area contributed by atoms with E-state index in [9.17, 15) is 9.59 Å². The maximum Gasteiger partial charge on any atom is 0.307 e. The number of carbonyl (C=O) groups is 2. The molecule has 2 fully saturated rings. The quantitative estimate of drug-likeness (QED) is 0.575. The van der Waals surface area contributed by atoms with Crippen LogP contribution >= 0.6 is 0 Å². The fraction of sp³-hybridized carbons (Fsp3) is 0.714. The minimum absolute atomic E-state index is 0.167. The summed E-state index contributed by atoms with van der Waals surface area (Å²) in [5, 5.41) is 8.52. The van der Waals surface area contributed by atoms with E-state index >= 15 is 0 Å². The normalized spacial score (nSPS) is 43.2. The van der Waals surface area contributed by atoms with Crippen molar-refractivity contribution in [3.05, 3.63) is 0 Å². The molecule has 2 atom stereocenters. The van der Waals surface area contributed by atoms with Crippen molar-refractivity contribution < 1.29 is 14.7 Å². The molecule has 0 aromatic heterocycles. The summed E-state index contributed by atoms with van der Waals surface area (Å²) in [4.78, 5) is 21.2. The summed E-state index contributed by atoms with van der Waals surface area (Å²) in [7, 11) is 0. The molecule has 0 aromatic carbocycles. The molecule has 54 valence electrons. The molecule has 0 bridgehead atoms. The van der Waals surface area contributed by atoms with E-state index in [1.807, 2.05) is 0 Å². The van der Waals surface area contributed by atoms with Crippen LogP contribution in [0.4, 0.5) is 0 Å². The number of Topliss-reactive ketones (excluding diaryl/α,β-unsaturated/α-hetero) is 1. The van der Waals surface area contributed by atoms with Crippen LogP contribution in [0, 0.1) is 11.3 Å². The van der Waals surface area contributed by atoms with Crippen LogP contribution in [0.15, 0.2) is 0 Å². The average Bonchev–Trinajstić information content (AvgIpc) is 2.60. The third-order valence-electron chi connectivity index (χ3n) is 2.73. The first kappa shape index (κ1) is 5.89. The summed E-state index contributed by atoms with van der Waals surface area (Å²) in [6.45, 7) is 0. The minimum Gasteiger partial charge on any atom is -0.481 e. The molecule has 3 heteroatoms. The van der Waals surface area contributed by atoms with Crippen LogP contribution in [0.25, 0.3) is 0 Å². The van der Waals surface area contributed by atoms with Gasteiger partial charge in [-0.05, 0) is 12.8 Å². The van der Waals surface area contributed by atoms with Gasteiger partial charge in [-0.2, -0.15) is 0 Å². The van der Waals surface area contributed by atoms with Crippen molar-refractivity contribution in [2.24, 2.45) is 11.3 Å². The van der Waals surface area contributed by atoms with E-state index in [4.69, 9.17) is 5.11 Å². The second-order valence-electron chi connectivity index (χ2n) is 3.17. The Labute approximate surface area is 58.0 Å². The molecule has 2 aliphatic rings. The Morgan fingerprint density at radius 1 is 1.70 bits per heavy atom. The highest BCUT2D eigenvalue weighted by atomic mass is 16.4. The molecule has 2 aliphatic carbocycles. The van der Waals surface area contributed by atoms with E-state index in [2.05, 4.69) is 0 Å². The van der Waals surface area contributed by atoms with Gasteiger partial charge in [0.25, 0.3) is 0 Å². The van der Waals surface area contributed by atoms with Crippen LogP contribution in [0.2, 0.25) is 0 Å². The molecule has 1 N–H and O–H groups in total. The highest BCUT2D eigenvalue weighted by Gasteiger charge is 2.67. The lowest BCUT2D eigenvalue weighted by Gasteiger charge is -2.23. The van der Waals surface area contributed by atoms with Gasteiger partial charge >= 0.3 is 5.97 Å². The molecule has 3 nitrogen and oxygen atoms in total. The van der Waals surface area contributed by atoms with Gasteiger partial charge in [0.15, 0.2) is 0 Å². The predicted molar refractivity (Wildman–Crippen MR) is 32.4 cm³/mol. The molecular weight excluding hydrogens is 132 g/mol. The van der Waals surface area contributed by atoms with Gasteiger partial charge in [0.2, 0.25) is 0 Å². The van der Waals surface area contributed by atoms with Gasteiger partial charge < -0.3 is 5.11 Å². The summed E-state index contributed by atoms with van der Waals surface area (Å²) >= 11 is 0. The van der Waals surface area contributed by atoms with E-state index < -0.39 is 5.97 Å². The van der Waals surface area contributed by atoms with Crippen LogP contribution in [0.5, 0.6) is 0 Å². The zero-order valence-electron chi connectivity index (χ0n) is 5.46. The number of carbonyl (C=O) groups excluding carboxylic acids is 1. The lowest BCUT2D eigenvalue weighted by molar-refractivity contribution is -0.144. The van der Waals surface area contributed by atoms with Gasteiger partial charge in [-0.3, -0.25) is 9.59 Å². The van der Waals surface area contributed by atoms with Crippen molar-refractivity contribution in [3.8, 4) is 0 Å². The first-order chi connectivity index (χ1) is 4.67. The Balaban J connectivity index is 2.12. The molecule has 1 spiro atoms. The Bertz CT molecular complexity index is 221. The van der Waals surface area contributed by atoms with Gasteiger partial charge in [-0.15, -0.1) is 0 Å². The maximum atomic E-state index is 10.9. The smallest absolute Gasteiger partial charge is 0.307 e. The zero-order chi connectivity index (χ0) is 7.35. The van der Waals surface area contributed by atoms with Gasteiger partial charge in [-0.25, -0.2) is 0 Å². The summed E-state index contributed by atoms with van der Waals surface area (Å²) in [5.41, 5.74) is -0.369. The van der Waals surface area contributed by atoms with Gasteiger partial charge in [-0.1, -0.05) is 0 Å². The minimum atomic E-state index is -0.798. The highest BCUT2D eigenvalue weighted by molar-refractivity contribution is 5.99. The van der Waals surface area contributed by atoms with E-state index in [-0.39, 0.29) is 17.1 Å². The number of ketones is 1. The SMILES string of the molecule is O=C(O)[C@@H]1C[C@]12CCC2=O. The molecule has 0 saturated heterocycles. The van der Waals surface area contributed by atoms with Crippen LogP contribution in [0.1, 0.15) is 19.3 Å². The van der Waals surface area contributed by atoms with Gasteiger partial charge in [0, 0.05) is 11.8 Å². The molecule has 2 rings (SSSR count). The Morgan fingerprint density at radius 3 is 2.50 bits per heavy atom. The van der Waals surface area contributed by atoms with E-state index in [1.165, 1.54) is 0 Å². The number of hydrogen-bond donors (Lipinski definition) is 1. The molecule has 0 amide bonds. The van der Waals surface area contributed by atoms with E-state index in [0.29, 0.717) is 12.8 Å². The van der Waals surface area contributed by atoms with E-state index in [0.717, 1.165) is 6.42 Å². The van der Waals surface area contributed by atoms with Crippen molar-refractivity contribution >= 4 is 11.8 Å². The second-order valence-corrected chi connectivity index (χ2v) is 3.17. The molecular formula is C7H8O3. The second kappa shape index (κ2) is 1.41. The number of carboxylic acids is 1. The van der Waals surface area contributed by atoms with Crippen LogP contribution in [-0.2, 0) is 9.59 Å². The van der Waals surface area contributed by atoms with Crippen molar-refractivity contribution in [3.63, 3.8) is 0 Å². The van der Waals surface area contributed by atoms with Crippen molar-refractivity contribution in [2.45, 2.75) is 19.3 Å². The summed E-state index contributed by atoms with van der Waals surface area (Å²) in [6, 6.07) is 0. The number of rotatable bonds is 1. The lowest BCUT2D eigenvalue weighted by atomic mass is 9.78. The Morgan fingerprint density at radius 2 is 2.40 bits per heavy atom.